The van der Waals surface area contributed by atoms with Crippen LogP contribution in [0.15, 0.2) is 41.1 Å². The minimum absolute atomic E-state index is 0.0318. The van der Waals surface area contributed by atoms with Crippen LogP contribution >= 0.6 is 0 Å². The molecule has 96 valence electrons. The van der Waals surface area contributed by atoms with Gasteiger partial charge in [-0.1, -0.05) is 0 Å². The van der Waals surface area contributed by atoms with E-state index in [2.05, 4.69) is 15.4 Å². The maximum atomic E-state index is 10.8. The summed E-state index contributed by atoms with van der Waals surface area (Å²) in [5.74, 6) is 0.326. The fourth-order valence-electron chi connectivity index (χ4n) is 1.67. The summed E-state index contributed by atoms with van der Waals surface area (Å²) < 4.78 is 6.62. The van der Waals surface area contributed by atoms with Crippen molar-refractivity contribution in [2.45, 2.75) is 6.54 Å². The predicted molar refractivity (Wildman–Crippen MR) is 66.0 cm³/mol. The smallest absolute Gasteiger partial charge is 0.356 e. The molecular formula is C12H10N4O3. The lowest BCUT2D eigenvalue weighted by Gasteiger charge is -2.03. The number of nitrogens with zero attached hydrogens (tertiary/aromatic N) is 3. The molecule has 3 aromatic heterocycles. The van der Waals surface area contributed by atoms with Gasteiger partial charge in [-0.25, -0.2) is 14.3 Å². The van der Waals surface area contributed by atoms with Crippen molar-refractivity contribution < 1.29 is 14.3 Å². The zero-order valence-electron chi connectivity index (χ0n) is 9.78. The fourth-order valence-corrected chi connectivity index (χ4v) is 1.67. The Kier molecular flexibility index (Phi) is 2.64. The summed E-state index contributed by atoms with van der Waals surface area (Å²) in [5.41, 5.74) is 0.455. The number of aromatic nitrogens is 3. The number of aromatic carboxylic acids is 1. The molecule has 0 saturated carbocycles. The van der Waals surface area contributed by atoms with Crippen molar-refractivity contribution in [2.75, 3.05) is 5.32 Å². The van der Waals surface area contributed by atoms with E-state index in [4.69, 9.17) is 9.52 Å². The number of rotatable bonds is 4. The monoisotopic (exact) mass is 258 g/mol. The Bertz CT molecular complexity index is 718. The molecule has 0 aliphatic carbocycles. The summed E-state index contributed by atoms with van der Waals surface area (Å²) in [4.78, 5) is 14.7. The van der Waals surface area contributed by atoms with Crippen LogP contribution in [0.2, 0.25) is 0 Å². The van der Waals surface area contributed by atoms with Crippen LogP contribution in [0.25, 0.3) is 5.65 Å². The van der Waals surface area contributed by atoms with E-state index in [1.165, 1.54) is 10.7 Å². The van der Waals surface area contributed by atoms with E-state index < -0.39 is 5.97 Å². The highest BCUT2D eigenvalue weighted by Gasteiger charge is 2.09. The lowest BCUT2D eigenvalue weighted by Crippen LogP contribution is -2.02. The lowest BCUT2D eigenvalue weighted by atomic mass is 10.4. The van der Waals surface area contributed by atoms with Crippen molar-refractivity contribution in [3.05, 3.63) is 48.2 Å². The second-order valence-corrected chi connectivity index (χ2v) is 3.89. The largest absolute Gasteiger partial charge is 0.476 e. The normalized spacial score (nSPS) is 10.7. The van der Waals surface area contributed by atoms with Crippen molar-refractivity contribution in [1.82, 2.24) is 14.6 Å². The van der Waals surface area contributed by atoms with Gasteiger partial charge in [0.25, 0.3) is 0 Å². The number of anilines is 1. The van der Waals surface area contributed by atoms with Gasteiger partial charge in [0.2, 0.25) is 0 Å². The van der Waals surface area contributed by atoms with Gasteiger partial charge in [0, 0.05) is 0 Å². The zero-order valence-corrected chi connectivity index (χ0v) is 9.78. The molecule has 7 heteroatoms. The van der Waals surface area contributed by atoms with E-state index in [1.807, 2.05) is 12.1 Å². The maximum absolute atomic E-state index is 10.8. The Morgan fingerprint density at radius 1 is 1.42 bits per heavy atom. The number of hydrogen-bond donors (Lipinski definition) is 2. The standard InChI is InChI=1S/C12H10N4O3/c17-12(18)9-7-16-11(14-9)4-3-10(15-16)13-6-8-2-1-5-19-8/h1-5,7H,6H2,(H,13,15)(H,17,18). The lowest BCUT2D eigenvalue weighted by molar-refractivity contribution is 0.0691. The van der Waals surface area contributed by atoms with E-state index in [-0.39, 0.29) is 5.69 Å². The molecule has 0 radical (unpaired) electrons. The minimum atomic E-state index is -1.07. The van der Waals surface area contributed by atoms with Gasteiger partial charge < -0.3 is 14.8 Å². The molecule has 19 heavy (non-hydrogen) atoms. The van der Waals surface area contributed by atoms with Gasteiger partial charge in [0.15, 0.2) is 11.3 Å². The molecule has 0 fully saturated rings. The first-order valence-electron chi connectivity index (χ1n) is 5.58. The van der Waals surface area contributed by atoms with E-state index in [0.717, 1.165) is 5.76 Å². The SMILES string of the molecule is O=C(O)c1cn2nc(NCc3ccco3)ccc2n1. The third kappa shape index (κ3) is 2.25. The molecule has 3 rings (SSSR count). The molecule has 0 saturated heterocycles. The number of imidazole rings is 1. The maximum Gasteiger partial charge on any atom is 0.356 e. The average molecular weight is 258 g/mol. The van der Waals surface area contributed by atoms with E-state index >= 15 is 0 Å². The van der Waals surface area contributed by atoms with Gasteiger partial charge in [-0.2, -0.15) is 0 Å². The number of carboxylic acids is 1. The molecule has 0 atom stereocenters. The Hall–Kier alpha value is -2.83. The molecule has 0 bridgehead atoms. The third-order valence-electron chi connectivity index (χ3n) is 2.56. The molecule has 0 spiro atoms. The number of fused-ring (bicyclic) bond motifs is 1. The van der Waals surface area contributed by atoms with Crippen LogP contribution in [0.4, 0.5) is 5.82 Å². The zero-order chi connectivity index (χ0) is 13.2. The number of furan rings is 1. The predicted octanol–water partition coefficient (Wildman–Crippen LogP) is 1.63. The highest BCUT2D eigenvalue weighted by molar-refractivity contribution is 5.86. The second-order valence-electron chi connectivity index (χ2n) is 3.89. The summed E-state index contributed by atoms with van der Waals surface area (Å²) in [6.45, 7) is 0.506. The number of hydrogen-bond acceptors (Lipinski definition) is 5. The topological polar surface area (TPSA) is 92.7 Å². The first kappa shape index (κ1) is 11.3. The summed E-state index contributed by atoms with van der Waals surface area (Å²) in [6, 6.07) is 7.09. The van der Waals surface area contributed by atoms with Crippen molar-refractivity contribution >= 4 is 17.4 Å². The van der Waals surface area contributed by atoms with Gasteiger partial charge in [-0.15, -0.1) is 5.10 Å². The summed E-state index contributed by atoms with van der Waals surface area (Å²) in [5, 5.41) is 16.1. The van der Waals surface area contributed by atoms with Gasteiger partial charge in [0.1, 0.15) is 11.6 Å². The summed E-state index contributed by atoms with van der Waals surface area (Å²) in [7, 11) is 0. The van der Waals surface area contributed by atoms with E-state index in [9.17, 15) is 4.79 Å². The quantitative estimate of drug-likeness (QED) is 0.738. The van der Waals surface area contributed by atoms with Gasteiger partial charge >= 0.3 is 5.97 Å². The van der Waals surface area contributed by atoms with Crippen LogP contribution in [-0.4, -0.2) is 25.7 Å². The first-order valence-corrected chi connectivity index (χ1v) is 5.58. The third-order valence-corrected chi connectivity index (χ3v) is 2.56. The molecule has 3 heterocycles. The number of carbonyl (C=O) groups is 1. The van der Waals surface area contributed by atoms with Gasteiger partial charge in [-0.3, -0.25) is 0 Å². The molecule has 0 aliphatic heterocycles. The molecule has 3 aromatic rings. The van der Waals surface area contributed by atoms with Crippen LogP contribution in [0.3, 0.4) is 0 Å². The Labute approximate surface area is 107 Å². The van der Waals surface area contributed by atoms with Crippen LogP contribution in [0.1, 0.15) is 16.2 Å². The molecular weight excluding hydrogens is 248 g/mol. The molecule has 2 N–H and O–H groups in total. The van der Waals surface area contributed by atoms with Crippen LogP contribution < -0.4 is 5.32 Å². The van der Waals surface area contributed by atoms with Crippen molar-refractivity contribution in [3.63, 3.8) is 0 Å². The molecule has 0 amide bonds. The Balaban J connectivity index is 1.82. The van der Waals surface area contributed by atoms with Crippen molar-refractivity contribution in [2.24, 2.45) is 0 Å². The van der Waals surface area contributed by atoms with Crippen molar-refractivity contribution in [3.8, 4) is 0 Å². The average Bonchev–Trinajstić information content (AvgIpc) is 3.04. The number of carboxylic acid groups (broad SMARTS) is 1. The van der Waals surface area contributed by atoms with Crippen LogP contribution in [0, 0.1) is 0 Å². The molecule has 0 aromatic carbocycles. The Morgan fingerprint density at radius 3 is 3.05 bits per heavy atom. The molecule has 0 unspecified atom stereocenters. The fraction of sp³-hybridized carbons (Fsp3) is 0.0833. The summed E-state index contributed by atoms with van der Waals surface area (Å²) >= 11 is 0. The first-order chi connectivity index (χ1) is 9.22. The highest BCUT2D eigenvalue weighted by Crippen LogP contribution is 2.10. The Morgan fingerprint density at radius 2 is 2.32 bits per heavy atom. The van der Waals surface area contributed by atoms with E-state index in [1.54, 1.807) is 18.4 Å². The van der Waals surface area contributed by atoms with Crippen LogP contribution in [0.5, 0.6) is 0 Å². The molecule has 7 nitrogen and oxygen atoms in total. The molecule has 0 aliphatic rings. The summed E-state index contributed by atoms with van der Waals surface area (Å²) in [6.07, 6.45) is 2.97. The van der Waals surface area contributed by atoms with Crippen LogP contribution in [-0.2, 0) is 6.54 Å². The van der Waals surface area contributed by atoms with Gasteiger partial charge in [0.05, 0.1) is 19.0 Å². The van der Waals surface area contributed by atoms with Crippen molar-refractivity contribution in [1.29, 1.82) is 0 Å². The van der Waals surface area contributed by atoms with E-state index in [0.29, 0.717) is 18.0 Å². The second kappa shape index (κ2) is 4.45. The highest BCUT2D eigenvalue weighted by atomic mass is 16.4. The number of nitrogens with one attached hydrogen (secondary N) is 1. The minimum Gasteiger partial charge on any atom is -0.476 e. The van der Waals surface area contributed by atoms with Gasteiger partial charge in [-0.05, 0) is 24.3 Å².